The first-order valence-corrected chi connectivity index (χ1v) is 9.53. The Kier molecular flexibility index (Phi) is 6.59. The summed E-state index contributed by atoms with van der Waals surface area (Å²) in [6.07, 6.45) is 0.970. The Labute approximate surface area is 168 Å². The zero-order valence-electron chi connectivity index (χ0n) is 16.2. The van der Waals surface area contributed by atoms with Crippen molar-refractivity contribution in [1.82, 2.24) is 5.32 Å². The summed E-state index contributed by atoms with van der Waals surface area (Å²) in [4.78, 5) is 38.0. The minimum Gasteiger partial charge on any atom is -0.455 e. The maximum atomic E-state index is 12.9. The van der Waals surface area contributed by atoms with Crippen molar-refractivity contribution in [1.29, 1.82) is 0 Å². The van der Waals surface area contributed by atoms with Gasteiger partial charge in [0.05, 0.1) is 5.92 Å². The SMILES string of the molecule is CCc1ccc(N2C[C@H](C(=O)OCC(=O)NCc3ccc(F)cc3)CC2=O)cc1. The van der Waals surface area contributed by atoms with Gasteiger partial charge in [-0.1, -0.05) is 31.2 Å². The number of hydrogen-bond acceptors (Lipinski definition) is 4. The van der Waals surface area contributed by atoms with Gasteiger partial charge in [-0.15, -0.1) is 0 Å². The highest BCUT2D eigenvalue weighted by Gasteiger charge is 2.36. The molecule has 3 rings (SSSR count). The van der Waals surface area contributed by atoms with Gasteiger partial charge in [-0.2, -0.15) is 0 Å². The number of benzene rings is 2. The molecule has 0 spiro atoms. The lowest BCUT2D eigenvalue weighted by molar-refractivity contribution is -0.152. The monoisotopic (exact) mass is 398 g/mol. The summed E-state index contributed by atoms with van der Waals surface area (Å²) in [7, 11) is 0. The van der Waals surface area contributed by atoms with Gasteiger partial charge in [0.25, 0.3) is 5.91 Å². The molecule has 1 aliphatic rings. The summed E-state index contributed by atoms with van der Waals surface area (Å²) in [6.45, 7) is 2.08. The highest BCUT2D eigenvalue weighted by Crippen LogP contribution is 2.26. The van der Waals surface area contributed by atoms with Gasteiger partial charge in [-0.05, 0) is 41.8 Å². The van der Waals surface area contributed by atoms with Crippen LogP contribution in [0.25, 0.3) is 0 Å². The molecule has 1 N–H and O–H groups in total. The number of nitrogens with one attached hydrogen (secondary N) is 1. The topological polar surface area (TPSA) is 75.7 Å². The van der Waals surface area contributed by atoms with E-state index < -0.39 is 24.4 Å². The lowest BCUT2D eigenvalue weighted by atomic mass is 10.1. The lowest BCUT2D eigenvalue weighted by Crippen LogP contribution is -2.31. The van der Waals surface area contributed by atoms with E-state index in [-0.39, 0.29) is 31.2 Å². The third-order valence-corrected chi connectivity index (χ3v) is 4.86. The van der Waals surface area contributed by atoms with Crippen LogP contribution in [0.15, 0.2) is 48.5 Å². The fraction of sp³-hybridized carbons (Fsp3) is 0.318. The maximum absolute atomic E-state index is 12.9. The number of carbonyl (C=O) groups excluding carboxylic acids is 3. The van der Waals surface area contributed by atoms with Crippen LogP contribution in [0.1, 0.15) is 24.5 Å². The Hall–Kier alpha value is -3.22. The number of amides is 2. The number of rotatable bonds is 7. The third-order valence-electron chi connectivity index (χ3n) is 4.86. The van der Waals surface area contributed by atoms with Crippen LogP contribution in [-0.4, -0.2) is 30.9 Å². The molecule has 2 aromatic carbocycles. The number of halogens is 1. The molecule has 1 aliphatic heterocycles. The average Bonchev–Trinajstić information content (AvgIpc) is 3.13. The second-order valence-electron chi connectivity index (χ2n) is 6.94. The van der Waals surface area contributed by atoms with E-state index in [0.717, 1.165) is 17.7 Å². The molecule has 1 heterocycles. The van der Waals surface area contributed by atoms with Crippen LogP contribution in [-0.2, 0) is 32.1 Å². The predicted molar refractivity (Wildman–Crippen MR) is 105 cm³/mol. The van der Waals surface area contributed by atoms with Crippen LogP contribution in [0.3, 0.4) is 0 Å². The van der Waals surface area contributed by atoms with E-state index in [9.17, 15) is 18.8 Å². The van der Waals surface area contributed by atoms with Gasteiger partial charge in [0.1, 0.15) is 5.82 Å². The van der Waals surface area contributed by atoms with Crippen LogP contribution in [0.4, 0.5) is 10.1 Å². The van der Waals surface area contributed by atoms with Crippen molar-refractivity contribution < 1.29 is 23.5 Å². The van der Waals surface area contributed by atoms with Gasteiger partial charge < -0.3 is 15.0 Å². The number of aryl methyl sites for hydroxylation is 1. The summed E-state index contributed by atoms with van der Waals surface area (Å²) >= 11 is 0. The molecule has 0 saturated carbocycles. The lowest BCUT2D eigenvalue weighted by Gasteiger charge is -2.17. The first kappa shape index (κ1) is 20.5. The summed E-state index contributed by atoms with van der Waals surface area (Å²) in [5, 5.41) is 2.60. The number of anilines is 1. The highest BCUT2D eigenvalue weighted by atomic mass is 19.1. The normalized spacial score (nSPS) is 16.0. The summed E-state index contributed by atoms with van der Waals surface area (Å²) in [6, 6.07) is 13.4. The summed E-state index contributed by atoms with van der Waals surface area (Å²) in [5.74, 6) is -2.12. The van der Waals surface area contributed by atoms with Crippen LogP contribution < -0.4 is 10.2 Å². The van der Waals surface area contributed by atoms with E-state index in [4.69, 9.17) is 4.74 Å². The fourth-order valence-corrected chi connectivity index (χ4v) is 3.14. The van der Waals surface area contributed by atoms with Crippen molar-refractivity contribution >= 4 is 23.5 Å². The van der Waals surface area contributed by atoms with Crippen molar-refractivity contribution in [2.45, 2.75) is 26.3 Å². The van der Waals surface area contributed by atoms with Crippen molar-refractivity contribution in [2.75, 3.05) is 18.1 Å². The van der Waals surface area contributed by atoms with Crippen LogP contribution in [0.2, 0.25) is 0 Å². The number of hydrogen-bond donors (Lipinski definition) is 1. The number of nitrogens with zero attached hydrogens (tertiary/aromatic N) is 1. The molecule has 7 heteroatoms. The van der Waals surface area contributed by atoms with Crippen molar-refractivity contribution in [2.24, 2.45) is 5.92 Å². The molecule has 29 heavy (non-hydrogen) atoms. The van der Waals surface area contributed by atoms with Gasteiger partial charge in [-0.3, -0.25) is 14.4 Å². The van der Waals surface area contributed by atoms with Crippen LogP contribution >= 0.6 is 0 Å². The molecular weight excluding hydrogens is 375 g/mol. The Bertz CT molecular complexity index is 881. The van der Waals surface area contributed by atoms with Crippen molar-refractivity contribution in [3.05, 3.63) is 65.5 Å². The smallest absolute Gasteiger partial charge is 0.311 e. The van der Waals surface area contributed by atoms with Gasteiger partial charge in [0, 0.05) is 25.2 Å². The van der Waals surface area contributed by atoms with E-state index in [0.29, 0.717) is 0 Å². The number of ether oxygens (including phenoxy) is 1. The first-order valence-electron chi connectivity index (χ1n) is 9.53. The molecule has 2 aromatic rings. The molecule has 1 fully saturated rings. The van der Waals surface area contributed by atoms with Gasteiger partial charge in [-0.25, -0.2) is 4.39 Å². The Morgan fingerprint density at radius 3 is 2.41 bits per heavy atom. The van der Waals surface area contributed by atoms with Gasteiger partial charge in [0.2, 0.25) is 5.91 Å². The van der Waals surface area contributed by atoms with E-state index in [1.165, 1.54) is 17.7 Å². The second-order valence-corrected chi connectivity index (χ2v) is 6.94. The van der Waals surface area contributed by atoms with E-state index in [2.05, 4.69) is 12.2 Å². The molecule has 0 radical (unpaired) electrons. The minimum absolute atomic E-state index is 0.0611. The van der Waals surface area contributed by atoms with E-state index >= 15 is 0 Å². The molecular formula is C22H23FN2O4. The average molecular weight is 398 g/mol. The maximum Gasteiger partial charge on any atom is 0.311 e. The van der Waals surface area contributed by atoms with Crippen molar-refractivity contribution in [3.8, 4) is 0 Å². The first-order chi connectivity index (χ1) is 14.0. The molecule has 0 aliphatic carbocycles. The molecule has 1 saturated heterocycles. The summed E-state index contributed by atoms with van der Waals surface area (Å²) < 4.78 is 17.9. The highest BCUT2D eigenvalue weighted by molar-refractivity contribution is 5.99. The number of esters is 1. The van der Waals surface area contributed by atoms with Gasteiger partial charge in [0.15, 0.2) is 6.61 Å². The standard InChI is InChI=1S/C22H23FN2O4/c1-2-15-5-9-19(10-6-15)25-13-17(11-21(25)27)22(28)29-14-20(26)24-12-16-3-7-18(23)8-4-16/h3-10,17H,2,11-14H2,1H3,(H,24,26)/t17-/m1/s1. The zero-order chi connectivity index (χ0) is 20.8. The molecule has 0 bridgehead atoms. The Balaban J connectivity index is 1.46. The third kappa shape index (κ3) is 5.40. The Morgan fingerprint density at radius 2 is 1.76 bits per heavy atom. The second kappa shape index (κ2) is 9.32. The largest absolute Gasteiger partial charge is 0.455 e. The summed E-state index contributed by atoms with van der Waals surface area (Å²) in [5.41, 5.74) is 2.65. The minimum atomic E-state index is -0.599. The quantitative estimate of drug-likeness (QED) is 0.728. The fourth-order valence-electron chi connectivity index (χ4n) is 3.14. The molecule has 6 nitrogen and oxygen atoms in total. The van der Waals surface area contributed by atoms with Crippen LogP contribution in [0, 0.1) is 11.7 Å². The van der Waals surface area contributed by atoms with Crippen LogP contribution in [0.5, 0.6) is 0 Å². The molecule has 2 amide bonds. The van der Waals surface area contributed by atoms with Crippen molar-refractivity contribution in [3.63, 3.8) is 0 Å². The molecule has 152 valence electrons. The zero-order valence-corrected chi connectivity index (χ0v) is 16.2. The van der Waals surface area contributed by atoms with E-state index in [1.807, 2.05) is 24.3 Å². The molecule has 1 atom stereocenters. The van der Waals surface area contributed by atoms with E-state index in [1.54, 1.807) is 17.0 Å². The molecule has 0 aromatic heterocycles. The predicted octanol–water partition coefficient (Wildman–Crippen LogP) is 2.60. The molecule has 0 unspecified atom stereocenters. The Morgan fingerprint density at radius 1 is 1.10 bits per heavy atom. The van der Waals surface area contributed by atoms with Gasteiger partial charge >= 0.3 is 5.97 Å². The number of carbonyl (C=O) groups is 3.